The van der Waals surface area contributed by atoms with E-state index in [2.05, 4.69) is 5.32 Å². The fourth-order valence-corrected chi connectivity index (χ4v) is 2.02. The van der Waals surface area contributed by atoms with Gasteiger partial charge >= 0.3 is 0 Å². The highest BCUT2D eigenvalue weighted by Gasteiger charge is 2.15. The molecule has 1 fully saturated rings. The van der Waals surface area contributed by atoms with Crippen LogP contribution in [0, 0.1) is 5.82 Å². The first-order valence-electron chi connectivity index (χ1n) is 5.95. The van der Waals surface area contributed by atoms with Crippen molar-refractivity contribution in [2.75, 3.05) is 20.3 Å². The van der Waals surface area contributed by atoms with Gasteiger partial charge in [0.05, 0.1) is 13.2 Å². The van der Waals surface area contributed by atoms with Crippen molar-refractivity contribution < 1.29 is 13.9 Å². The molecule has 0 aromatic heterocycles. The topological polar surface area (TPSA) is 30.5 Å². The third-order valence-corrected chi connectivity index (χ3v) is 2.97. The lowest BCUT2D eigenvalue weighted by Crippen LogP contribution is -2.26. The van der Waals surface area contributed by atoms with Crippen LogP contribution in [0.5, 0.6) is 5.75 Å². The van der Waals surface area contributed by atoms with E-state index in [1.165, 1.54) is 7.11 Å². The highest BCUT2D eigenvalue weighted by atomic mass is 19.1. The summed E-state index contributed by atoms with van der Waals surface area (Å²) in [5.41, 5.74) is 0.627. The maximum absolute atomic E-state index is 13.8. The van der Waals surface area contributed by atoms with Crippen LogP contribution >= 0.6 is 0 Å². The van der Waals surface area contributed by atoms with Gasteiger partial charge < -0.3 is 14.8 Å². The number of nitrogens with one attached hydrogen (secondary N) is 1. The van der Waals surface area contributed by atoms with Crippen LogP contribution in [0.25, 0.3) is 0 Å². The van der Waals surface area contributed by atoms with Crippen LogP contribution < -0.4 is 10.1 Å². The smallest absolute Gasteiger partial charge is 0.169 e. The molecule has 17 heavy (non-hydrogen) atoms. The SMILES string of the molecule is COc1cccc(CNCC2CCCO2)c1F. The molecule has 94 valence electrons. The molecule has 1 aliphatic rings. The van der Waals surface area contributed by atoms with Crippen molar-refractivity contribution in [3.63, 3.8) is 0 Å². The molecule has 2 rings (SSSR count). The molecule has 1 aromatic carbocycles. The first-order valence-corrected chi connectivity index (χ1v) is 5.95. The van der Waals surface area contributed by atoms with E-state index in [4.69, 9.17) is 9.47 Å². The van der Waals surface area contributed by atoms with E-state index in [9.17, 15) is 4.39 Å². The average molecular weight is 239 g/mol. The molecule has 0 radical (unpaired) electrons. The molecule has 0 spiro atoms. The van der Waals surface area contributed by atoms with Crippen LogP contribution in [0.3, 0.4) is 0 Å². The van der Waals surface area contributed by atoms with Crippen molar-refractivity contribution in [1.82, 2.24) is 5.32 Å². The molecule has 4 heteroatoms. The Morgan fingerprint density at radius 3 is 3.12 bits per heavy atom. The second-order valence-corrected chi connectivity index (χ2v) is 4.20. The summed E-state index contributed by atoms with van der Waals surface area (Å²) >= 11 is 0. The minimum absolute atomic E-state index is 0.281. The minimum Gasteiger partial charge on any atom is -0.494 e. The van der Waals surface area contributed by atoms with Gasteiger partial charge in [0.15, 0.2) is 11.6 Å². The van der Waals surface area contributed by atoms with Crippen molar-refractivity contribution in [1.29, 1.82) is 0 Å². The highest BCUT2D eigenvalue weighted by molar-refractivity contribution is 5.30. The average Bonchev–Trinajstić information content (AvgIpc) is 2.84. The summed E-state index contributed by atoms with van der Waals surface area (Å²) in [5.74, 6) is 0.0104. The van der Waals surface area contributed by atoms with E-state index >= 15 is 0 Å². The van der Waals surface area contributed by atoms with Crippen molar-refractivity contribution >= 4 is 0 Å². The third-order valence-electron chi connectivity index (χ3n) is 2.97. The Hall–Kier alpha value is -1.13. The molecule has 1 heterocycles. The zero-order chi connectivity index (χ0) is 12.1. The number of rotatable bonds is 5. The summed E-state index contributed by atoms with van der Waals surface area (Å²) < 4.78 is 24.2. The molecular weight excluding hydrogens is 221 g/mol. The predicted octanol–water partition coefficient (Wildman–Crippen LogP) is 2.10. The lowest BCUT2D eigenvalue weighted by Gasteiger charge is -2.12. The lowest BCUT2D eigenvalue weighted by molar-refractivity contribution is 0.110. The van der Waals surface area contributed by atoms with E-state index < -0.39 is 0 Å². The molecule has 0 saturated carbocycles. The van der Waals surface area contributed by atoms with Crippen molar-refractivity contribution in [3.05, 3.63) is 29.6 Å². The van der Waals surface area contributed by atoms with Crippen molar-refractivity contribution in [3.8, 4) is 5.75 Å². The van der Waals surface area contributed by atoms with Crippen LogP contribution in [-0.4, -0.2) is 26.4 Å². The Balaban J connectivity index is 1.85. The number of ether oxygens (including phenoxy) is 2. The second kappa shape index (κ2) is 5.98. The first-order chi connectivity index (χ1) is 8.31. The normalized spacial score (nSPS) is 19.5. The van der Waals surface area contributed by atoms with Gasteiger partial charge in [0.1, 0.15) is 0 Å². The molecule has 1 N–H and O–H groups in total. The number of hydrogen-bond acceptors (Lipinski definition) is 3. The van der Waals surface area contributed by atoms with Crippen LogP contribution in [0.4, 0.5) is 4.39 Å². The number of methoxy groups -OCH3 is 1. The second-order valence-electron chi connectivity index (χ2n) is 4.20. The van der Waals surface area contributed by atoms with Gasteiger partial charge in [-0.1, -0.05) is 12.1 Å². The minimum atomic E-state index is -0.283. The predicted molar refractivity (Wildman–Crippen MR) is 63.6 cm³/mol. The maximum Gasteiger partial charge on any atom is 0.169 e. The Labute approximate surface area is 101 Å². The summed E-state index contributed by atoms with van der Waals surface area (Å²) in [4.78, 5) is 0. The largest absolute Gasteiger partial charge is 0.494 e. The molecule has 0 bridgehead atoms. The number of benzene rings is 1. The van der Waals surface area contributed by atoms with Gasteiger partial charge in [-0.2, -0.15) is 0 Å². The lowest BCUT2D eigenvalue weighted by atomic mass is 10.2. The Bertz CT molecular complexity index is 364. The summed E-state index contributed by atoms with van der Waals surface area (Å²) in [6.45, 7) is 2.12. The molecular formula is C13H18FNO2. The van der Waals surface area contributed by atoms with Crippen LogP contribution in [0.15, 0.2) is 18.2 Å². The summed E-state index contributed by atoms with van der Waals surface area (Å²) in [5, 5.41) is 3.22. The fourth-order valence-electron chi connectivity index (χ4n) is 2.02. The quantitative estimate of drug-likeness (QED) is 0.853. The van der Waals surface area contributed by atoms with Crippen LogP contribution in [0.1, 0.15) is 18.4 Å². The Morgan fingerprint density at radius 2 is 2.41 bits per heavy atom. The van der Waals surface area contributed by atoms with Gasteiger partial charge in [0.2, 0.25) is 0 Å². The van der Waals surface area contributed by atoms with E-state index in [0.717, 1.165) is 26.0 Å². The van der Waals surface area contributed by atoms with Gasteiger partial charge in [-0.15, -0.1) is 0 Å². The van der Waals surface area contributed by atoms with Crippen LogP contribution in [0.2, 0.25) is 0 Å². The molecule has 1 aromatic rings. The third kappa shape index (κ3) is 3.17. The molecule has 0 aliphatic carbocycles. The van der Waals surface area contributed by atoms with Crippen LogP contribution in [-0.2, 0) is 11.3 Å². The number of halogens is 1. The Morgan fingerprint density at radius 1 is 1.53 bits per heavy atom. The molecule has 1 atom stereocenters. The van der Waals surface area contributed by atoms with Gasteiger partial charge in [-0.3, -0.25) is 0 Å². The van der Waals surface area contributed by atoms with E-state index in [1.54, 1.807) is 18.2 Å². The van der Waals surface area contributed by atoms with Crippen molar-refractivity contribution in [2.24, 2.45) is 0 Å². The fraction of sp³-hybridized carbons (Fsp3) is 0.538. The van der Waals surface area contributed by atoms with Gasteiger partial charge in [0.25, 0.3) is 0 Å². The standard InChI is InChI=1S/C13H18FNO2/c1-16-12-6-2-4-10(13(12)14)8-15-9-11-5-3-7-17-11/h2,4,6,11,15H,3,5,7-9H2,1H3. The van der Waals surface area contributed by atoms with Gasteiger partial charge in [-0.05, 0) is 18.9 Å². The Kier molecular flexibility index (Phi) is 4.34. The molecule has 1 unspecified atom stereocenters. The van der Waals surface area contributed by atoms with Gasteiger partial charge in [0, 0.05) is 25.3 Å². The molecule has 3 nitrogen and oxygen atoms in total. The van der Waals surface area contributed by atoms with Gasteiger partial charge in [-0.25, -0.2) is 4.39 Å². The zero-order valence-corrected chi connectivity index (χ0v) is 10.0. The van der Waals surface area contributed by atoms with E-state index in [-0.39, 0.29) is 11.9 Å². The number of hydrogen-bond donors (Lipinski definition) is 1. The zero-order valence-electron chi connectivity index (χ0n) is 10.0. The summed E-state index contributed by atoms with van der Waals surface area (Å²) in [6, 6.07) is 5.18. The monoisotopic (exact) mass is 239 g/mol. The van der Waals surface area contributed by atoms with E-state index in [1.807, 2.05) is 0 Å². The highest BCUT2D eigenvalue weighted by Crippen LogP contribution is 2.19. The molecule has 1 saturated heterocycles. The van der Waals surface area contributed by atoms with E-state index in [0.29, 0.717) is 17.9 Å². The maximum atomic E-state index is 13.8. The molecule has 1 aliphatic heterocycles. The first kappa shape index (κ1) is 12.3. The van der Waals surface area contributed by atoms with Crippen molar-refractivity contribution in [2.45, 2.75) is 25.5 Å². The molecule has 0 amide bonds. The summed E-state index contributed by atoms with van der Waals surface area (Å²) in [7, 11) is 1.47. The summed E-state index contributed by atoms with van der Waals surface area (Å²) in [6.07, 6.45) is 2.50.